The molecule has 0 amide bonds. The maximum absolute atomic E-state index is 4.44. The third kappa shape index (κ3) is 3.78. The van der Waals surface area contributed by atoms with Crippen molar-refractivity contribution in [2.45, 2.75) is 26.9 Å². The van der Waals surface area contributed by atoms with Gasteiger partial charge >= 0.3 is 0 Å². The molecule has 0 fully saturated rings. The maximum atomic E-state index is 4.44. The third-order valence-electron chi connectivity index (χ3n) is 3.07. The van der Waals surface area contributed by atoms with E-state index in [-0.39, 0.29) is 0 Å². The number of rotatable bonds is 5. The number of hydrogen-bond acceptors (Lipinski definition) is 4. The van der Waals surface area contributed by atoms with Gasteiger partial charge in [-0.05, 0) is 31.5 Å². The Morgan fingerprint density at radius 1 is 1.11 bits per heavy atom. The molecule has 0 atom stereocenters. The van der Waals surface area contributed by atoms with Crippen molar-refractivity contribution in [2.24, 2.45) is 0 Å². The molecule has 1 aromatic carbocycles. The van der Waals surface area contributed by atoms with Crippen LogP contribution < -0.4 is 10.2 Å². The van der Waals surface area contributed by atoms with Gasteiger partial charge in [-0.2, -0.15) is 0 Å². The van der Waals surface area contributed by atoms with Gasteiger partial charge in [-0.25, -0.2) is 4.98 Å². The number of benzene rings is 1. The van der Waals surface area contributed by atoms with Crippen LogP contribution in [0, 0.1) is 13.8 Å². The minimum absolute atomic E-state index is 0.893. The van der Waals surface area contributed by atoms with Crippen molar-refractivity contribution in [3.05, 3.63) is 45.4 Å². The van der Waals surface area contributed by atoms with Crippen molar-refractivity contribution >= 4 is 17.0 Å². The molecule has 1 heterocycles. The summed E-state index contributed by atoms with van der Waals surface area (Å²) >= 11 is 1.78. The van der Waals surface area contributed by atoms with Crippen LogP contribution in [0.5, 0.6) is 0 Å². The van der Waals surface area contributed by atoms with E-state index in [1.165, 1.54) is 16.1 Å². The zero-order valence-corrected chi connectivity index (χ0v) is 12.8. The summed E-state index contributed by atoms with van der Waals surface area (Å²) in [4.78, 5) is 7.89. The molecule has 0 aliphatic carbocycles. The summed E-state index contributed by atoms with van der Waals surface area (Å²) in [7, 11) is 4.12. The maximum Gasteiger partial charge on any atom is 0.0900 e. The standard InChI is InChI=1S/C15H21N3S/c1-11-15(19-12(2)17-11)10-16-9-13-5-7-14(8-6-13)18(3)4/h5-8,16H,9-10H2,1-4H3. The molecule has 0 aliphatic rings. The van der Waals surface area contributed by atoms with Crippen LogP contribution in [0.3, 0.4) is 0 Å². The summed E-state index contributed by atoms with van der Waals surface area (Å²) in [6.07, 6.45) is 0. The minimum Gasteiger partial charge on any atom is -0.378 e. The first-order valence-corrected chi connectivity index (χ1v) is 7.28. The summed E-state index contributed by atoms with van der Waals surface area (Å²) in [6.45, 7) is 5.92. The van der Waals surface area contributed by atoms with E-state index in [9.17, 15) is 0 Å². The Balaban J connectivity index is 1.87. The van der Waals surface area contributed by atoms with Gasteiger partial charge in [0.2, 0.25) is 0 Å². The average Bonchev–Trinajstić information content (AvgIpc) is 2.68. The summed E-state index contributed by atoms with van der Waals surface area (Å²) in [5.74, 6) is 0. The van der Waals surface area contributed by atoms with Crippen molar-refractivity contribution < 1.29 is 0 Å². The van der Waals surface area contributed by atoms with Crippen molar-refractivity contribution in [3.63, 3.8) is 0 Å². The predicted octanol–water partition coefficient (Wildman–Crippen LogP) is 3.12. The normalized spacial score (nSPS) is 10.7. The molecule has 2 rings (SSSR count). The third-order valence-corrected chi connectivity index (χ3v) is 4.14. The molecule has 19 heavy (non-hydrogen) atoms. The van der Waals surface area contributed by atoms with Gasteiger partial charge in [0.25, 0.3) is 0 Å². The quantitative estimate of drug-likeness (QED) is 0.909. The number of thiazole rings is 1. The number of anilines is 1. The fraction of sp³-hybridized carbons (Fsp3) is 0.400. The molecule has 4 heteroatoms. The van der Waals surface area contributed by atoms with Crippen molar-refractivity contribution in [1.82, 2.24) is 10.3 Å². The SMILES string of the molecule is Cc1nc(C)c(CNCc2ccc(N(C)C)cc2)s1. The van der Waals surface area contributed by atoms with Crippen LogP contribution in [0.1, 0.15) is 21.1 Å². The highest BCUT2D eigenvalue weighted by molar-refractivity contribution is 7.11. The van der Waals surface area contributed by atoms with Gasteiger partial charge in [0.05, 0.1) is 10.7 Å². The van der Waals surface area contributed by atoms with Gasteiger partial charge in [-0.1, -0.05) is 12.1 Å². The lowest BCUT2D eigenvalue weighted by Gasteiger charge is -2.12. The van der Waals surface area contributed by atoms with Crippen molar-refractivity contribution in [2.75, 3.05) is 19.0 Å². The van der Waals surface area contributed by atoms with Crippen LogP contribution in [-0.4, -0.2) is 19.1 Å². The predicted molar refractivity (Wildman–Crippen MR) is 82.9 cm³/mol. The van der Waals surface area contributed by atoms with Gasteiger partial charge in [0.1, 0.15) is 0 Å². The molecule has 2 aromatic rings. The van der Waals surface area contributed by atoms with Crippen LogP contribution in [0.25, 0.3) is 0 Å². The summed E-state index contributed by atoms with van der Waals surface area (Å²) in [6, 6.07) is 8.65. The van der Waals surface area contributed by atoms with Gasteiger partial charge < -0.3 is 10.2 Å². The van der Waals surface area contributed by atoms with Gasteiger partial charge in [0, 0.05) is 37.7 Å². The Hall–Kier alpha value is -1.39. The largest absolute Gasteiger partial charge is 0.378 e. The topological polar surface area (TPSA) is 28.2 Å². The molecule has 102 valence electrons. The number of nitrogens with zero attached hydrogens (tertiary/aromatic N) is 2. The van der Waals surface area contributed by atoms with E-state index in [0.29, 0.717) is 0 Å². The lowest BCUT2D eigenvalue weighted by atomic mass is 10.2. The van der Waals surface area contributed by atoms with Gasteiger partial charge in [0.15, 0.2) is 0 Å². The number of aromatic nitrogens is 1. The Morgan fingerprint density at radius 3 is 2.32 bits per heavy atom. The summed E-state index contributed by atoms with van der Waals surface area (Å²) < 4.78 is 0. The molecular weight excluding hydrogens is 254 g/mol. The second-order valence-corrected chi connectivity index (χ2v) is 6.19. The second-order valence-electron chi connectivity index (χ2n) is 4.91. The van der Waals surface area contributed by atoms with E-state index in [2.05, 4.69) is 67.4 Å². The lowest BCUT2D eigenvalue weighted by molar-refractivity contribution is 0.697. The van der Waals surface area contributed by atoms with Gasteiger partial charge in [-0.15, -0.1) is 11.3 Å². The molecular formula is C15H21N3S. The zero-order valence-electron chi connectivity index (χ0n) is 12.0. The van der Waals surface area contributed by atoms with E-state index in [4.69, 9.17) is 0 Å². The van der Waals surface area contributed by atoms with Crippen molar-refractivity contribution in [3.8, 4) is 0 Å². The van der Waals surface area contributed by atoms with Gasteiger partial charge in [-0.3, -0.25) is 0 Å². The molecule has 0 saturated heterocycles. The number of hydrogen-bond donors (Lipinski definition) is 1. The fourth-order valence-corrected chi connectivity index (χ4v) is 2.88. The average molecular weight is 275 g/mol. The summed E-state index contributed by atoms with van der Waals surface area (Å²) in [5.41, 5.74) is 3.69. The Kier molecular flexibility index (Phi) is 4.56. The first-order valence-electron chi connectivity index (χ1n) is 6.46. The van der Waals surface area contributed by atoms with E-state index in [1.54, 1.807) is 11.3 Å². The van der Waals surface area contributed by atoms with Crippen molar-refractivity contribution in [1.29, 1.82) is 0 Å². The molecule has 0 radical (unpaired) electrons. The van der Waals surface area contributed by atoms with Crippen LogP contribution in [-0.2, 0) is 13.1 Å². The smallest absolute Gasteiger partial charge is 0.0900 e. The monoisotopic (exact) mass is 275 g/mol. The molecule has 0 unspecified atom stereocenters. The highest BCUT2D eigenvalue weighted by Gasteiger charge is 2.04. The number of aryl methyl sites for hydroxylation is 2. The molecule has 1 N–H and O–H groups in total. The zero-order chi connectivity index (χ0) is 13.8. The molecule has 0 aliphatic heterocycles. The minimum atomic E-state index is 0.893. The van der Waals surface area contributed by atoms with Crippen LogP contribution in [0.2, 0.25) is 0 Å². The fourth-order valence-electron chi connectivity index (χ4n) is 1.97. The van der Waals surface area contributed by atoms with E-state index < -0.39 is 0 Å². The first kappa shape index (κ1) is 14.0. The first-order chi connectivity index (χ1) is 9.06. The Bertz CT molecular complexity index is 529. The lowest BCUT2D eigenvalue weighted by Crippen LogP contribution is -2.13. The molecule has 0 saturated carbocycles. The molecule has 1 aromatic heterocycles. The van der Waals surface area contributed by atoms with E-state index in [0.717, 1.165) is 23.8 Å². The molecule has 3 nitrogen and oxygen atoms in total. The Labute approximate surface area is 119 Å². The summed E-state index contributed by atoms with van der Waals surface area (Å²) in [5, 5.41) is 4.62. The molecule has 0 spiro atoms. The van der Waals surface area contributed by atoms with Crippen LogP contribution in [0.4, 0.5) is 5.69 Å². The van der Waals surface area contributed by atoms with E-state index >= 15 is 0 Å². The molecule has 0 bridgehead atoms. The highest BCUT2D eigenvalue weighted by atomic mass is 32.1. The van der Waals surface area contributed by atoms with E-state index in [1.807, 2.05) is 0 Å². The Morgan fingerprint density at radius 2 is 1.79 bits per heavy atom. The number of nitrogens with one attached hydrogen (secondary N) is 1. The van der Waals surface area contributed by atoms with Crippen LogP contribution >= 0.6 is 11.3 Å². The van der Waals surface area contributed by atoms with Crippen LogP contribution in [0.15, 0.2) is 24.3 Å². The second kappa shape index (κ2) is 6.17. The highest BCUT2D eigenvalue weighted by Crippen LogP contribution is 2.17.